The molecule has 0 radical (unpaired) electrons. The van der Waals surface area contributed by atoms with Crippen molar-refractivity contribution in [1.29, 1.82) is 0 Å². The third-order valence-corrected chi connectivity index (χ3v) is 5.83. The van der Waals surface area contributed by atoms with E-state index in [0.717, 1.165) is 40.0 Å². The van der Waals surface area contributed by atoms with E-state index in [-0.39, 0.29) is 5.91 Å². The average molecular weight is 455 g/mol. The van der Waals surface area contributed by atoms with E-state index >= 15 is 0 Å². The van der Waals surface area contributed by atoms with Crippen LogP contribution >= 0.6 is 11.6 Å². The van der Waals surface area contributed by atoms with E-state index in [9.17, 15) is 4.79 Å². The lowest BCUT2D eigenvalue weighted by atomic mass is 9.99. The first-order valence-electron chi connectivity index (χ1n) is 10.7. The van der Waals surface area contributed by atoms with Crippen molar-refractivity contribution in [2.75, 3.05) is 24.7 Å². The van der Waals surface area contributed by atoms with Gasteiger partial charge in [-0.3, -0.25) is 9.78 Å². The first kappa shape index (κ1) is 21.2. The number of hydrogen-bond acceptors (Lipinski definition) is 4. The highest BCUT2D eigenvalue weighted by Gasteiger charge is 2.28. The molecule has 2 heterocycles. The molecule has 0 bridgehead atoms. The van der Waals surface area contributed by atoms with E-state index in [1.54, 1.807) is 18.3 Å². The van der Waals surface area contributed by atoms with Crippen LogP contribution in [-0.4, -0.2) is 29.9 Å². The molecule has 1 amide bonds. The second-order valence-electron chi connectivity index (χ2n) is 8.36. The summed E-state index contributed by atoms with van der Waals surface area (Å²) >= 11 is 6.17. The summed E-state index contributed by atoms with van der Waals surface area (Å²) in [5.74, 6) is -0.167. The van der Waals surface area contributed by atoms with Gasteiger partial charge in [0.25, 0.3) is 5.91 Å². The zero-order chi connectivity index (χ0) is 22.9. The fourth-order valence-electron chi connectivity index (χ4n) is 4.10. The summed E-state index contributed by atoms with van der Waals surface area (Å²) < 4.78 is 0. The maximum atomic E-state index is 13.1. The van der Waals surface area contributed by atoms with Crippen LogP contribution in [0.4, 0.5) is 11.4 Å². The number of nitrogens with one attached hydrogen (secondary N) is 2. The van der Waals surface area contributed by atoms with E-state index in [1.807, 2.05) is 62.6 Å². The number of fused-ring (bicyclic) bond motifs is 2. The zero-order valence-electron chi connectivity index (χ0n) is 18.4. The Labute approximate surface area is 197 Å². The lowest BCUT2D eigenvalue weighted by Crippen LogP contribution is -2.11. The number of carbonyl (C=O) groups is 1. The molecule has 5 nitrogen and oxygen atoms in total. The Morgan fingerprint density at radius 2 is 1.85 bits per heavy atom. The molecule has 2 N–H and O–H groups in total. The van der Waals surface area contributed by atoms with Gasteiger partial charge in [-0.2, -0.15) is 0 Å². The molecule has 0 unspecified atom stereocenters. The number of benzene rings is 3. The maximum absolute atomic E-state index is 13.1. The maximum Gasteiger partial charge on any atom is 0.258 e. The van der Waals surface area contributed by atoms with Crippen LogP contribution in [0.2, 0.25) is 5.02 Å². The molecular weight excluding hydrogens is 432 g/mol. The van der Waals surface area contributed by atoms with Crippen LogP contribution in [0.3, 0.4) is 0 Å². The number of amides is 1. The number of anilines is 2. The number of rotatable bonds is 5. The molecule has 0 spiro atoms. The van der Waals surface area contributed by atoms with Crippen LogP contribution in [0.15, 0.2) is 79.0 Å². The van der Waals surface area contributed by atoms with Gasteiger partial charge in [0.15, 0.2) is 0 Å². The van der Waals surface area contributed by atoms with Gasteiger partial charge in [-0.05, 0) is 56.1 Å². The van der Waals surface area contributed by atoms with Crippen molar-refractivity contribution < 1.29 is 4.79 Å². The van der Waals surface area contributed by atoms with Crippen molar-refractivity contribution in [2.45, 2.75) is 6.54 Å². The van der Waals surface area contributed by atoms with E-state index in [2.05, 4.69) is 32.7 Å². The van der Waals surface area contributed by atoms with Gasteiger partial charge in [0, 0.05) is 40.0 Å². The Hall–Kier alpha value is -3.67. The number of aromatic nitrogens is 1. The summed E-state index contributed by atoms with van der Waals surface area (Å²) in [6, 6.07) is 23.7. The molecule has 0 atom stereocenters. The summed E-state index contributed by atoms with van der Waals surface area (Å²) in [5.41, 5.74) is 6.69. The van der Waals surface area contributed by atoms with E-state index in [4.69, 9.17) is 11.6 Å². The number of nitrogens with zero attached hydrogens (tertiary/aromatic N) is 2. The summed E-state index contributed by atoms with van der Waals surface area (Å²) in [5, 5.41) is 8.09. The Morgan fingerprint density at radius 1 is 1.03 bits per heavy atom. The molecule has 3 aromatic carbocycles. The quantitative estimate of drug-likeness (QED) is 0.369. The fourth-order valence-corrected chi connectivity index (χ4v) is 4.27. The molecule has 33 heavy (non-hydrogen) atoms. The van der Waals surface area contributed by atoms with Crippen LogP contribution in [0, 0.1) is 0 Å². The molecule has 6 heteroatoms. The summed E-state index contributed by atoms with van der Waals surface area (Å²) in [6.07, 6.45) is 1.77. The van der Waals surface area contributed by atoms with E-state index in [0.29, 0.717) is 16.3 Å². The van der Waals surface area contributed by atoms with Crippen molar-refractivity contribution in [2.24, 2.45) is 0 Å². The largest absolute Gasteiger partial charge is 0.354 e. The molecule has 0 saturated heterocycles. The molecule has 0 fully saturated rings. The van der Waals surface area contributed by atoms with Crippen molar-refractivity contribution in [1.82, 2.24) is 9.88 Å². The summed E-state index contributed by atoms with van der Waals surface area (Å²) in [4.78, 5) is 19.7. The molecule has 1 aromatic heterocycles. The molecule has 1 aliphatic heterocycles. The van der Waals surface area contributed by atoms with Crippen molar-refractivity contribution in [3.05, 3.63) is 101 Å². The minimum Gasteiger partial charge on any atom is -0.354 e. The zero-order valence-corrected chi connectivity index (χ0v) is 19.1. The highest BCUT2D eigenvalue weighted by atomic mass is 35.5. The molecule has 1 aliphatic rings. The molecule has 5 rings (SSSR count). The smallest absolute Gasteiger partial charge is 0.258 e. The first-order chi connectivity index (χ1) is 16.0. The van der Waals surface area contributed by atoms with Crippen molar-refractivity contribution in [3.8, 4) is 0 Å². The standard InChI is InChI=1S/C27H23ClN4O/c1-32(2)16-17-5-10-21(11-6-17)30-26(19-8-7-18-4-3-13-29-23(18)14-19)25-22-12-9-20(28)15-24(22)31-27(25)33/h3-15,30H,16H2,1-2H3,(H,31,33). The van der Waals surface area contributed by atoms with Gasteiger partial charge in [0.2, 0.25) is 0 Å². The Balaban J connectivity index is 1.64. The van der Waals surface area contributed by atoms with Gasteiger partial charge < -0.3 is 15.5 Å². The number of halogens is 1. The Morgan fingerprint density at radius 3 is 2.64 bits per heavy atom. The highest BCUT2D eigenvalue weighted by Crippen LogP contribution is 2.39. The molecular formula is C27H23ClN4O. The number of carbonyl (C=O) groups excluding carboxylic acids is 1. The van der Waals surface area contributed by atoms with Crippen LogP contribution in [0.25, 0.3) is 22.2 Å². The van der Waals surface area contributed by atoms with Gasteiger partial charge in [0.05, 0.1) is 22.5 Å². The predicted octanol–water partition coefficient (Wildman–Crippen LogP) is 5.88. The topological polar surface area (TPSA) is 57.3 Å². The number of pyridine rings is 1. The molecule has 0 aliphatic carbocycles. The Kier molecular flexibility index (Phi) is 5.58. The molecule has 4 aromatic rings. The second-order valence-corrected chi connectivity index (χ2v) is 8.80. The van der Waals surface area contributed by atoms with Crippen molar-refractivity contribution in [3.63, 3.8) is 0 Å². The van der Waals surface area contributed by atoms with Crippen LogP contribution in [-0.2, 0) is 11.3 Å². The van der Waals surface area contributed by atoms with Crippen LogP contribution in [0.1, 0.15) is 16.7 Å². The van der Waals surface area contributed by atoms with Crippen molar-refractivity contribution >= 4 is 51.1 Å². The average Bonchev–Trinajstić information content (AvgIpc) is 3.12. The van der Waals surface area contributed by atoms with Crippen LogP contribution in [0.5, 0.6) is 0 Å². The summed E-state index contributed by atoms with van der Waals surface area (Å²) in [7, 11) is 4.09. The number of hydrogen-bond donors (Lipinski definition) is 2. The van der Waals surface area contributed by atoms with Gasteiger partial charge in [-0.25, -0.2) is 0 Å². The minimum atomic E-state index is -0.167. The summed E-state index contributed by atoms with van der Waals surface area (Å²) in [6.45, 7) is 0.862. The molecule has 164 valence electrons. The molecule has 0 saturated carbocycles. The second kappa shape index (κ2) is 8.70. The van der Waals surface area contributed by atoms with Crippen LogP contribution < -0.4 is 10.6 Å². The lowest BCUT2D eigenvalue weighted by molar-refractivity contribution is -0.110. The lowest BCUT2D eigenvalue weighted by Gasteiger charge is -2.16. The van der Waals surface area contributed by atoms with E-state index in [1.165, 1.54) is 5.56 Å². The SMILES string of the molecule is CN(C)Cc1ccc(NC(=C2C(=O)Nc3cc(Cl)ccc32)c2ccc3cccnc3c2)cc1. The first-order valence-corrected chi connectivity index (χ1v) is 11.1. The monoisotopic (exact) mass is 454 g/mol. The van der Waals surface area contributed by atoms with Gasteiger partial charge in [-0.1, -0.05) is 48.0 Å². The van der Waals surface area contributed by atoms with Gasteiger partial charge >= 0.3 is 0 Å². The third-order valence-electron chi connectivity index (χ3n) is 5.59. The predicted molar refractivity (Wildman–Crippen MR) is 136 cm³/mol. The fraction of sp³-hybridized carbons (Fsp3) is 0.111. The minimum absolute atomic E-state index is 0.167. The van der Waals surface area contributed by atoms with Gasteiger partial charge in [-0.15, -0.1) is 0 Å². The normalized spacial score (nSPS) is 14.4. The Bertz CT molecular complexity index is 1390. The highest BCUT2D eigenvalue weighted by molar-refractivity contribution is 6.38. The van der Waals surface area contributed by atoms with E-state index < -0.39 is 0 Å². The van der Waals surface area contributed by atoms with Gasteiger partial charge in [0.1, 0.15) is 0 Å². The third kappa shape index (κ3) is 4.33.